The van der Waals surface area contributed by atoms with Crippen molar-refractivity contribution in [1.29, 1.82) is 0 Å². The molecule has 0 atom stereocenters. The van der Waals surface area contributed by atoms with Gasteiger partial charge in [0.25, 0.3) is 0 Å². The SMILES string of the molecule is COc1ccc(S(=O)(=O)NCCOc2ccc(C)cc2C)cc1C(C)C. The number of rotatable bonds is 8. The topological polar surface area (TPSA) is 64.6 Å². The average Bonchev–Trinajstić information content (AvgIpc) is 2.59. The number of aryl methyl sites for hydroxylation is 2. The molecular weight excluding hydrogens is 350 g/mol. The molecule has 0 radical (unpaired) electrons. The largest absolute Gasteiger partial charge is 0.496 e. The van der Waals surface area contributed by atoms with Crippen molar-refractivity contribution in [2.24, 2.45) is 0 Å². The molecule has 0 unspecified atom stereocenters. The van der Waals surface area contributed by atoms with Crippen molar-refractivity contribution in [3.8, 4) is 11.5 Å². The first-order valence-electron chi connectivity index (χ1n) is 8.62. The number of methoxy groups -OCH3 is 1. The second-order valence-corrected chi connectivity index (χ2v) is 8.34. The Morgan fingerprint density at radius 1 is 1.04 bits per heavy atom. The van der Waals surface area contributed by atoms with Gasteiger partial charge in [-0.15, -0.1) is 0 Å². The first-order chi connectivity index (χ1) is 12.2. The fraction of sp³-hybridized carbons (Fsp3) is 0.400. The summed E-state index contributed by atoms with van der Waals surface area (Å²) in [5.74, 6) is 1.62. The molecule has 0 saturated heterocycles. The van der Waals surface area contributed by atoms with E-state index in [0.29, 0.717) is 5.75 Å². The van der Waals surface area contributed by atoms with Gasteiger partial charge in [0.1, 0.15) is 18.1 Å². The quantitative estimate of drug-likeness (QED) is 0.711. The number of ether oxygens (including phenoxy) is 2. The van der Waals surface area contributed by atoms with Crippen LogP contribution in [0.2, 0.25) is 0 Å². The van der Waals surface area contributed by atoms with E-state index in [1.807, 2.05) is 45.9 Å². The molecule has 2 aromatic carbocycles. The van der Waals surface area contributed by atoms with Gasteiger partial charge in [-0.1, -0.05) is 31.5 Å². The highest BCUT2D eigenvalue weighted by Gasteiger charge is 2.17. The summed E-state index contributed by atoms with van der Waals surface area (Å²) in [5.41, 5.74) is 3.06. The Bertz CT molecular complexity index is 860. The molecular formula is C20H27NO4S. The van der Waals surface area contributed by atoms with Crippen LogP contribution in [-0.2, 0) is 10.0 Å². The summed E-state index contributed by atoms with van der Waals surface area (Å²) in [5, 5.41) is 0. The van der Waals surface area contributed by atoms with Crippen LogP contribution in [0.15, 0.2) is 41.3 Å². The van der Waals surface area contributed by atoms with Crippen LogP contribution >= 0.6 is 0 Å². The molecule has 5 nitrogen and oxygen atoms in total. The number of nitrogens with one attached hydrogen (secondary N) is 1. The summed E-state index contributed by atoms with van der Waals surface area (Å²) < 4.78 is 38.6. The molecule has 0 fully saturated rings. The van der Waals surface area contributed by atoms with E-state index in [-0.39, 0.29) is 24.0 Å². The van der Waals surface area contributed by atoms with Crippen LogP contribution in [0.3, 0.4) is 0 Å². The maximum atomic E-state index is 12.5. The normalized spacial score (nSPS) is 11.6. The van der Waals surface area contributed by atoms with E-state index in [2.05, 4.69) is 4.72 Å². The molecule has 2 aromatic rings. The lowest BCUT2D eigenvalue weighted by Gasteiger charge is -2.14. The van der Waals surface area contributed by atoms with E-state index >= 15 is 0 Å². The third kappa shape index (κ3) is 4.99. The zero-order valence-corrected chi connectivity index (χ0v) is 16.8. The van der Waals surface area contributed by atoms with Crippen molar-refractivity contribution < 1.29 is 17.9 Å². The van der Waals surface area contributed by atoms with Crippen molar-refractivity contribution in [3.05, 3.63) is 53.1 Å². The molecule has 0 aromatic heterocycles. The Morgan fingerprint density at radius 3 is 2.35 bits per heavy atom. The molecule has 0 aliphatic heterocycles. The minimum atomic E-state index is -3.60. The Hall–Kier alpha value is -2.05. The molecule has 26 heavy (non-hydrogen) atoms. The van der Waals surface area contributed by atoms with Crippen LogP contribution in [0.4, 0.5) is 0 Å². The van der Waals surface area contributed by atoms with Crippen LogP contribution in [-0.4, -0.2) is 28.7 Å². The highest BCUT2D eigenvalue weighted by atomic mass is 32.2. The molecule has 1 N–H and O–H groups in total. The molecule has 142 valence electrons. The van der Waals surface area contributed by atoms with E-state index in [0.717, 1.165) is 22.4 Å². The summed E-state index contributed by atoms with van der Waals surface area (Å²) in [4.78, 5) is 0.230. The van der Waals surface area contributed by atoms with Gasteiger partial charge in [0, 0.05) is 6.54 Å². The van der Waals surface area contributed by atoms with E-state index < -0.39 is 10.0 Å². The first kappa shape index (κ1) is 20.3. The molecule has 0 aliphatic rings. The molecule has 0 spiro atoms. The van der Waals surface area contributed by atoms with Gasteiger partial charge in [0.05, 0.1) is 12.0 Å². The molecule has 0 aliphatic carbocycles. The summed E-state index contributed by atoms with van der Waals surface area (Å²) in [6.07, 6.45) is 0. The predicted molar refractivity (Wildman–Crippen MR) is 104 cm³/mol. The van der Waals surface area contributed by atoms with Crippen molar-refractivity contribution >= 4 is 10.0 Å². The fourth-order valence-corrected chi connectivity index (χ4v) is 3.76. The summed E-state index contributed by atoms with van der Waals surface area (Å²) >= 11 is 0. The van der Waals surface area contributed by atoms with Gasteiger partial charge in [-0.05, 0) is 55.2 Å². The first-order valence-corrected chi connectivity index (χ1v) is 10.1. The Balaban J connectivity index is 2.01. The number of hydrogen-bond donors (Lipinski definition) is 1. The lowest BCUT2D eigenvalue weighted by molar-refractivity contribution is 0.320. The monoisotopic (exact) mass is 377 g/mol. The lowest BCUT2D eigenvalue weighted by Crippen LogP contribution is -2.28. The van der Waals surface area contributed by atoms with Gasteiger partial charge in [-0.2, -0.15) is 0 Å². The average molecular weight is 378 g/mol. The van der Waals surface area contributed by atoms with Crippen LogP contribution in [0.25, 0.3) is 0 Å². The molecule has 0 saturated carbocycles. The molecule has 6 heteroatoms. The molecule has 0 heterocycles. The zero-order chi connectivity index (χ0) is 19.3. The van der Waals surface area contributed by atoms with Crippen molar-refractivity contribution in [2.45, 2.75) is 38.5 Å². The molecule has 2 rings (SSSR count). The van der Waals surface area contributed by atoms with Crippen LogP contribution < -0.4 is 14.2 Å². The maximum Gasteiger partial charge on any atom is 0.240 e. The second kappa shape index (κ2) is 8.56. The van der Waals surface area contributed by atoms with Gasteiger partial charge in [0.2, 0.25) is 10.0 Å². The summed E-state index contributed by atoms with van der Waals surface area (Å²) in [7, 11) is -2.02. The van der Waals surface area contributed by atoms with Crippen molar-refractivity contribution in [2.75, 3.05) is 20.3 Å². The smallest absolute Gasteiger partial charge is 0.240 e. The summed E-state index contributed by atoms with van der Waals surface area (Å²) in [6.45, 7) is 8.44. The van der Waals surface area contributed by atoms with Crippen LogP contribution in [0.1, 0.15) is 36.5 Å². The van der Waals surface area contributed by atoms with Gasteiger partial charge >= 0.3 is 0 Å². The predicted octanol–water partition coefficient (Wildman–Crippen LogP) is 3.79. The van der Waals surface area contributed by atoms with Gasteiger partial charge < -0.3 is 9.47 Å². The van der Waals surface area contributed by atoms with Gasteiger partial charge in [-0.25, -0.2) is 13.1 Å². The number of benzene rings is 2. The van der Waals surface area contributed by atoms with Gasteiger partial charge in [-0.3, -0.25) is 0 Å². The fourth-order valence-electron chi connectivity index (χ4n) is 2.71. The van der Waals surface area contributed by atoms with Crippen molar-refractivity contribution in [1.82, 2.24) is 4.72 Å². The van der Waals surface area contributed by atoms with Gasteiger partial charge in [0.15, 0.2) is 0 Å². The maximum absolute atomic E-state index is 12.5. The molecule has 0 amide bonds. The highest BCUT2D eigenvalue weighted by Crippen LogP contribution is 2.28. The number of hydrogen-bond acceptors (Lipinski definition) is 4. The van der Waals surface area contributed by atoms with Crippen LogP contribution in [0, 0.1) is 13.8 Å². The third-order valence-corrected chi connectivity index (χ3v) is 5.57. The molecule has 0 bridgehead atoms. The minimum absolute atomic E-state index is 0.160. The second-order valence-electron chi connectivity index (χ2n) is 6.57. The third-order valence-electron chi connectivity index (χ3n) is 4.12. The van der Waals surface area contributed by atoms with E-state index in [9.17, 15) is 8.42 Å². The summed E-state index contributed by atoms with van der Waals surface area (Å²) in [6, 6.07) is 10.8. The van der Waals surface area contributed by atoms with E-state index in [4.69, 9.17) is 9.47 Å². The minimum Gasteiger partial charge on any atom is -0.496 e. The van der Waals surface area contributed by atoms with Crippen LogP contribution in [0.5, 0.6) is 11.5 Å². The lowest BCUT2D eigenvalue weighted by atomic mass is 10.0. The highest BCUT2D eigenvalue weighted by molar-refractivity contribution is 7.89. The van der Waals surface area contributed by atoms with E-state index in [1.54, 1.807) is 25.3 Å². The number of sulfonamides is 1. The van der Waals surface area contributed by atoms with E-state index in [1.165, 1.54) is 0 Å². The zero-order valence-electron chi connectivity index (χ0n) is 16.0. The Kier molecular flexibility index (Phi) is 6.67. The standard InChI is InChI=1S/C20H27NO4S/c1-14(2)18-13-17(7-9-20(18)24-5)26(22,23)21-10-11-25-19-8-6-15(3)12-16(19)4/h6-9,12-14,21H,10-11H2,1-5H3. The van der Waals surface area contributed by atoms with Crippen molar-refractivity contribution in [3.63, 3.8) is 0 Å². The Labute approximate surface area is 156 Å². The Morgan fingerprint density at radius 2 is 1.73 bits per heavy atom.